The molecule has 3 aliphatic heterocycles. The maximum absolute atomic E-state index is 14.0. The summed E-state index contributed by atoms with van der Waals surface area (Å²) in [6.07, 6.45) is 8.24. The third-order valence-corrected chi connectivity index (χ3v) is 14.4. The molecule has 4 N–H and O–H groups in total. The first-order valence-electron chi connectivity index (χ1n) is 21.5. The Kier molecular flexibility index (Phi) is 11.8. The number of fused-ring (bicyclic) bond motifs is 2. The zero-order valence-electron chi connectivity index (χ0n) is 35.3. The molecule has 4 aliphatic rings. The second kappa shape index (κ2) is 17.5. The SMILES string of the molecule is CC1(C)CCC(CN2CCN(c3ccc(C(=O)NS(=O)(=O)c4cc5c(c([N+](=O)[O-])c4)N[C@@H](C4CCNCC4)CO5)c(Oc4cnc5[nH]ccc5c4)c3)CC2)=C(c2ccc(Cl)cc2)C1. The topological polar surface area (TPSA) is 184 Å². The monoisotopic (exact) mass is 894 g/mol. The van der Waals surface area contributed by atoms with Crippen LogP contribution in [0.25, 0.3) is 16.6 Å². The number of carbonyl (C=O) groups excluding carboxylic acids is 1. The van der Waals surface area contributed by atoms with E-state index < -0.39 is 31.4 Å². The number of hydrogen-bond donors (Lipinski definition) is 4. The van der Waals surface area contributed by atoms with Gasteiger partial charge in [-0.25, -0.2) is 18.1 Å². The van der Waals surface area contributed by atoms with Gasteiger partial charge in [0, 0.05) is 73.2 Å². The predicted octanol–water partition coefficient (Wildman–Crippen LogP) is 7.99. The number of piperidine rings is 1. The maximum Gasteiger partial charge on any atom is 0.297 e. The van der Waals surface area contributed by atoms with Crippen LogP contribution < -0.4 is 29.7 Å². The second-order valence-electron chi connectivity index (χ2n) is 17.7. The molecule has 1 aliphatic carbocycles. The summed E-state index contributed by atoms with van der Waals surface area (Å²) in [6.45, 7) is 10.5. The molecule has 330 valence electrons. The van der Waals surface area contributed by atoms with E-state index in [2.05, 4.69) is 61.1 Å². The number of sulfonamides is 1. The lowest BCUT2D eigenvalue weighted by molar-refractivity contribution is -0.384. The summed E-state index contributed by atoms with van der Waals surface area (Å²) in [5.74, 6) is -0.233. The molecule has 0 radical (unpaired) electrons. The van der Waals surface area contributed by atoms with Crippen LogP contribution in [0.1, 0.15) is 61.9 Å². The highest BCUT2D eigenvalue weighted by Gasteiger charge is 2.35. The second-order valence-corrected chi connectivity index (χ2v) is 19.8. The largest absolute Gasteiger partial charge is 0.489 e. The average Bonchev–Trinajstić information content (AvgIpc) is 3.75. The van der Waals surface area contributed by atoms with E-state index in [9.17, 15) is 23.3 Å². The van der Waals surface area contributed by atoms with Gasteiger partial charge < -0.3 is 30.0 Å². The van der Waals surface area contributed by atoms with Crippen LogP contribution in [0, 0.1) is 21.4 Å². The lowest BCUT2D eigenvalue weighted by atomic mass is 9.72. The molecule has 5 aromatic rings. The van der Waals surface area contributed by atoms with E-state index in [1.807, 2.05) is 18.2 Å². The van der Waals surface area contributed by atoms with E-state index in [0.29, 0.717) is 11.4 Å². The van der Waals surface area contributed by atoms with E-state index >= 15 is 0 Å². The lowest BCUT2D eigenvalue weighted by Crippen LogP contribution is -2.47. The Bertz CT molecular complexity index is 2690. The molecular weight excluding hydrogens is 844 g/mol. The summed E-state index contributed by atoms with van der Waals surface area (Å²) in [4.78, 5) is 37.4. The molecule has 1 amide bonds. The first kappa shape index (κ1) is 42.6. The van der Waals surface area contributed by atoms with Gasteiger partial charge in [0.2, 0.25) is 0 Å². The molecule has 0 unspecified atom stereocenters. The first-order valence-corrected chi connectivity index (χ1v) is 23.3. The molecule has 5 heterocycles. The molecule has 2 fully saturated rings. The normalized spacial score (nSPS) is 19.5. The summed E-state index contributed by atoms with van der Waals surface area (Å²) in [7, 11) is -4.64. The fourth-order valence-corrected chi connectivity index (χ4v) is 10.4. The van der Waals surface area contributed by atoms with Gasteiger partial charge in [-0.1, -0.05) is 43.2 Å². The number of nitro groups is 1. The van der Waals surface area contributed by atoms with Crippen molar-refractivity contribution in [1.82, 2.24) is 24.9 Å². The highest BCUT2D eigenvalue weighted by Crippen LogP contribution is 2.44. The maximum atomic E-state index is 14.0. The number of allylic oxidation sites excluding steroid dienone is 1. The van der Waals surface area contributed by atoms with Crippen molar-refractivity contribution in [3.8, 4) is 17.2 Å². The van der Waals surface area contributed by atoms with Gasteiger partial charge in [-0.3, -0.25) is 19.8 Å². The number of hydrogen-bond acceptors (Lipinski definition) is 12. The van der Waals surface area contributed by atoms with Crippen molar-refractivity contribution in [2.24, 2.45) is 11.3 Å². The number of piperazine rings is 1. The van der Waals surface area contributed by atoms with Crippen molar-refractivity contribution in [1.29, 1.82) is 0 Å². The Balaban J connectivity index is 0.947. The number of ether oxygens (including phenoxy) is 2. The summed E-state index contributed by atoms with van der Waals surface area (Å²) in [5.41, 5.74) is 5.41. The molecule has 1 atom stereocenters. The summed E-state index contributed by atoms with van der Waals surface area (Å²) in [6, 6.07) is 18.9. The molecule has 17 heteroatoms. The van der Waals surface area contributed by atoms with Crippen LogP contribution in [0.3, 0.4) is 0 Å². The van der Waals surface area contributed by atoms with Crippen molar-refractivity contribution in [2.75, 3.05) is 62.6 Å². The minimum absolute atomic E-state index is 0.0322. The number of nitrogens with zero attached hydrogens (tertiary/aromatic N) is 4. The van der Waals surface area contributed by atoms with E-state index in [0.717, 1.165) is 100 Å². The minimum Gasteiger partial charge on any atom is -0.489 e. The highest BCUT2D eigenvalue weighted by molar-refractivity contribution is 7.90. The smallest absolute Gasteiger partial charge is 0.297 e. The molecule has 0 spiro atoms. The van der Waals surface area contributed by atoms with Gasteiger partial charge in [-0.05, 0) is 104 Å². The number of pyridine rings is 1. The number of aromatic nitrogens is 2. The molecule has 0 saturated carbocycles. The molecule has 9 rings (SSSR count). The molecule has 2 saturated heterocycles. The number of nitro benzene ring substituents is 1. The predicted molar refractivity (Wildman–Crippen MR) is 244 cm³/mol. The minimum atomic E-state index is -4.64. The van der Waals surface area contributed by atoms with Crippen LogP contribution in [0.5, 0.6) is 17.2 Å². The van der Waals surface area contributed by atoms with Gasteiger partial charge >= 0.3 is 0 Å². The van der Waals surface area contributed by atoms with Crippen molar-refractivity contribution in [3.05, 3.63) is 111 Å². The number of carbonyl (C=O) groups is 1. The van der Waals surface area contributed by atoms with Gasteiger partial charge in [-0.15, -0.1) is 0 Å². The average molecular weight is 895 g/mol. The van der Waals surface area contributed by atoms with Crippen LogP contribution in [-0.4, -0.2) is 92.6 Å². The van der Waals surface area contributed by atoms with Crippen LogP contribution in [0.4, 0.5) is 17.1 Å². The van der Waals surface area contributed by atoms with E-state index in [-0.39, 0.29) is 46.7 Å². The molecule has 2 aromatic heterocycles. The standard InChI is InChI=1S/C46H51ClN8O7S/c1-46(2)13-9-32(38(25-46)29-3-5-33(47)6-4-29)27-53-17-19-54(20-18-53)34-7-8-37(41(22-34)62-35-21-31-12-16-49-44(31)50-26-35)45(56)52-63(59,60)36-23-40(55(57)58)43-42(24-36)61-28-39(51-43)30-10-14-48-15-11-30/h3-8,12,16,21-24,26,30,39,48,51H,9-11,13-15,17-20,25,27-28H2,1-2H3,(H,49,50)(H,52,56)/t39-/m1/s1. The van der Waals surface area contributed by atoms with Crippen LogP contribution >= 0.6 is 11.6 Å². The Morgan fingerprint density at radius 3 is 2.59 bits per heavy atom. The van der Waals surface area contributed by atoms with E-state index in [1.165, 1.54) is 29.0 Å². The van der Waals surface area contributed by atoms with Gasteiger partial charge in [-0.2, -0.15) is 0 Å². The Hall–Kier alpha value is -5.68. The Morgan fingerprint density at radius 2 is 1.83 bits per heavy atom. The van der Waals surface area contributed by atoms with Gasteiger partial charge in [0.05, 0.1) is 27.6 Å². The number of anilines is 2. The lowest BCUT2D eigenvalue weighted by Gasteiger charge is -2.39. The zero-order chi connectivity index (χ0) is 43.9. The quantitative estimate of drug-likeness (QED) is 0.0742. The summed E-state index contributed by atoms with van der Waals surface area (Å²) in [5, 5.41) is 20.4. The van der Waals surface area contributed by atoms with Crippen LogP contribution in [0.2, 0.25) is 5.02 Å². The number of H-pyrrole nitrogens is 1. The fraction of sp³-hybridized carbons (Fsp3) is 0.391. The molecule has 63 heavy (non-hydrogen) atoms. The number of halogens is 1. The Morgan fingerprint density at radius 1 is 1.05 bits per heavy atom. The summed E-state index contributed by atoms with van der Waals surface area (Å²) < 4.78 is 42.2. The van der Waals surface area contributed by atoms with E-state index in [4.69, 9.17) is 21.1 Å². The fourth-order valence-electron chi connectivity index (χ4n) is 9.26. The highest BCUT2D eigenvalue weighted by atomic mass is 35.5. The van der Waals surface area contributed by atoms with Crippen LogP contribution in [0.15, 0.2) is 89.6 Å². The first-order chi connectivity index (χ1) is 30.3. The summed E-state index contributed by atoms with van der Waals surface area (Å²) >= 11 is 6.25. The van der Waals surface area contributed by atoms with Crippen LogP contribution in [-0.2, 0) is 10.0 Å². The van der Waals surface area contributed by atoms with Gasteiger partial charge in [0.15, 0.2) is 11.4 Å². The molecule has 3 aromatic carbocycles. The molecule has 15 nitrogen and oxygen atoms in total. The number of rotatable bonds is 11. The third-order valence-electron chi connectivity index (χ3n) is 12.8. The van der Waals surface area contributed by atoms with Crippen molar-refractivity contribution >= 4 is 61.2 Å². The van der Waals surface area contributed by atoms with Crippen molar-refractivity contribution < 1.29 is 27.6 Å². The Labute approximate surface area is 371 Å². The van der Waals surface area contributed by atoms with Gasteiger partial charge in [0.1, 0.15) is 23.8 Å². The number of nitrogens with one attached hydrogen (secondary N) is 4. The number of aromatic amines is 1. The van der Waals surface area contributed by atoms with Crippen molar-refractivity contribution in [3.63, 3.8) is 0 Å². The number of amides is 1. The third kappa shape index (κ3) is 9.35. The van der Waals surface area contributed by atoms with Crippen molar-refractivity contribution in [2.45, 2.75) is 56.9 Å². The molecule has 0 bridgehead atoms. The zero-order valence-corrected chi connectivity index (χ0v) is 36.9. The van der Waals surface area contributed by atoms with E-state index in [1.54, 1.807) is 30.5 Å². The van der Waals surface area contributed by atoms with Gasteiger partial charge in [0.25, 0.3) is 21.6 Å². The number of benzene rings is 3. The molecular formula is C46H51ClN8O7S.